The van der Waals surface area contributed by atoms with Crippen molar-refractivity contribution in [2.45, 2.75) is 41.1 Å². The Morgan fingerprint density at radius 1 is 0.909 bits per heavy atom. The Morgan fingerprint density at radius 3 is 2.09 bits per heavy atom. The van der Waals surface area contributed by atoms with Crippen LogP contribution in [0.4, 0.5) is 0 Å². The number of benzene rings is 2. The third-order valence-corrected chi connectivity index (χ3v) is 9.57. The lowest BCUT2D eigenvalue weighted by molar-refractivity contribution is -0.122. The average molecular weight is 488 g/mol. The van der Waals surface area contributed by atoms with E-state index in [1.807, 2.05) is 0 Å². The van der Waals surface area contributed by atoms with E-state index in [9.17, 15) is 26.7 Å². The summed E-state index contributed by atoms with van der Waals surface area (Å²) in [5.74, 6) is -1.15. The van der Waals surface area contributed by atoms with Gasteiger partial charge in [-0.3, -0.25) is 4.79 Å². The van der Waals surface area contributed by atoms with Gasteiger partial charge in [-0.25, -0.2) is 20.8 Å². The Balaban J connectivity index is 1.73. The van der Waals surface area contributed by atoms with Gasteiger partial charge >= 0.3 is 0 Å². The van der Waals surface area contributed by atoms with E-state index in [-0.39, 0.29) is 27.6 Å². The lowest BCUT2D eigenvalue weighted by atomic mass is 9.86. The number of ketones is 1. The largest absolute Gasteiger partial charge is 0.384 e. The molecule has 0 radical (unpaired) electrons. The fourth-order valence-electron chi connectivity index (χ4n) is 4.31. The molecule has 1 fully saturated rings. The van der Waals surface area contributed by atoms with Gasteiger partial charge in [0.15, 0.2) is 9.84 Å². The van der Waals surface area contributed by atoms with Crippen molar-refractivity contribution in [3.63, 3.8) is 0 Å². The first-order chi connectivity index (χ1) is 15.6. The minimum atomic E-state index is -3.92. The molecule has 0 aliphatic heterocycles. The van der Waals surface area contributed by atoms with Crippen molar-refractivity contribution < 1.29 is 26.7 Å². The van der Waals surface area contributed by atoms with Gasteiger partial charge in [-0.1, -0.05) is 36.4 Å². The normalized spacial score (nSPS) is 18.8. The number of carbonyl (C=O) groups excluding carboxylic acids is 1. The van der Waals surface area contributed by atoms with Crippen molar-refractivity contribution >= 4 is 25.6 Å². The van der Waals surface area contributed by atoms with E-state index >= 15 is 0 Å². The maximum Gasteiger partial charge on any atom is 0.267 e. The molecule has 2 unspecified atom stereocenters. The maximum atomic E-state index is 13.1. The first-order valence-corrected chi connectivity index (χ1v) is 13.7. The Kier molecular flexibility index (Phi) is 6.30. The second-order valence-electron chi connectivity index (χ2n) is 8.41. The van der Waals surface area contributed by atoms with Crippen molar-refractivity contribution in [3.8, 4) is 0 Å². The van der Waals surface area contributed by atoms with Crippen LogP contribution in [0.1, 0.15) is 31.2 Å². The van der Waals surface area contributed by atoms with Gasteiger partial charge in [-0.05, 0) is 49.6 Å². The van der Waals surface area contributed by atoms with Crippen molar-refractivity contribution in [2.75, 3.05) is 5.75 Å². The monoisotopic (exact) mass is 487 g/mol. The van der Waals surface area contributed by atoms with Gasteiger partial charge in [-0.2, -0.15) is 0 Å². The van der Waals surface area contributed by atoms with Crippen molar-refractivity contribution in [1.29, 1.82) is 0 Å². The number of Topliss-reactive ketones (excluding diaryl/α,β-unsaturated/α-hetero) is 1. The summed E-state index contributed by atoms with van der Waals surface area (Å²) in [5, 5.41) is 11.7. The highest BCUT2D eigenvalue weighted by Crippen LogP contribution is 2.37. The smallest absolute Gasteiger partial charge is 0.267 e. The van der Waals surface area contributed by atoms with Crippen LogP contribution in [0.2, 0.25) is 0 Å². The molecule has 1 aromatic heterocycles. The first kappa shape index (κ1) is 23.4. The Bertz CT molecular complexity index is 1350. The molecule has 0 bridgehead atoms. The van der Waals surface area contributed by atoms with E-state index in [1.54, 1.807) is 36.4 Å². The Morgan fingerprint density at radius 2 is 1.52 bits per heavy atom. The molecule has 2 aromatic carbocycles. The highest BCUT2D eigenvalue weighted by molar-refractivity contribution is 7.91. The number of aromatic nitrogens is 1. The number of rotatable bonds is 8. The molecule has 33 heavy (non-hydrogen) atoms. The number of hydrogen-bond acceptors (Lipinski definition) is 6. The zero-order valence-electron chi connectivity index (χ0n) is 17.9. The Hall–Kier alpha value is -2.75. The third kappa shape index (κ3) is 4.80. The molecule has 174 valence electrons. The van der Waals surface area contributed by atoms with Crippen LogP contribution in [0.15, 0.2) is 88.9 Å². The summed E-state index contributed by atoms with van der Waals surface area (Å²) >= 11 is 0. The van der Waals surface area contributed by atoms with Crippen LogP contribution >= 0.6 is 0 Å². The topological polar surface area (TPSA) is 111 Å². The van der Waals surface area contributed by atoms with Gasteiger partial charge in [0, 0.05) is 30.3 Å². The number of hydrogen-bond donors (Lipinski definition) is 1. The summed E-state index contributed by atoms with van der Waals surface area (Å²) in [6.07, 6.45) is 4.09. The van der Waals surface area contributed by atoms with Gasteiger partial charge in [0.25, 0.3) is 10.0 Å². The predicted octanol–water partition coefficient (Wildman–Crippen LogP) is 3.15. The summed E-state index contributed by atoms with van der Waals surface area (Å²) in [6, 6.07) is 17.0. The Labute approximate surface area is 193 Å². The molecular formula is C24H25NO6S2. The fraction of sp³-hybridized carbons (Fsp3) is 0.292. The van der Waals surface area contributed by atoms with E-state index in [2.05, 4.69) is 0 Å². The molecule has 7 nitrogen and oxygen atoms in total. The molecule has 0 amide bonds. The van der Waals surface area contributed by atoms with Gasteiger partial charge in [-0.15, -0.1) is 0 Å². The van der Waals surface area contributed by atoms with Crippen LogP contribution in [0.25, 0.3) is 0 Å². The SMILES string of the molecule is O=C1CCCC1CC(O)(CS(=O)(=O)c1ccccc1)c1ccn(S(=O)(=O)c2ccccc2)c1. The fourth-order valence-corrected chi connectivity index (χ4v) is 7.18. The standard InChI is InChI=1S/C24H25NO6S2/c26-23-13-7-8-19(23)16-24(27,18-32(28,29)21-9-3-1-4-10-21)20-14-15-25(17-20)33(30,31)22-11-5-2-6-12-22/h1-6,9-12,14-15,17,19,27H,7-8,13,16,18H2. The number of nitrogens with zero attached hydrogens (tertiary/aromatic N) is 1. The molecule has 0 spiro atoms. The molecule has 1 N–H and O–H groups in total. The van der Waals surface area contributed by atoms with E-state index < -0.39 is 37.1 Å². The minimum absolute atomic E-state index is 0.0122. The molecule has 1 heterocycles. The second kappa shape index (κ2) is 8.89. The quantitative estimate of drug-likeness (QED) is 0.523. The zero-order valence-corrected chi connectivity index (χ0v) is 19.5. The second-order valence-corrected chi connectivity index (χ2v) is 12.2. The molecule has 3 aromatic rings. The van der Waals surface area contributed by atoms with E-state index in [0.717, 1.165) is 3.97 Å². The van der Waals surface area contributed by atoms with E-state index in [1.165, 1.54) is 42.7 Å². The molecule has 1 saturated carbocycles. The first-order valence-electron chi connectivity index (χ1n) is 10.6. The van der Waals surface area contributed by atoms with Gasteiger partial charge in [0.05, 0.1) is 15.5 Å². The van der Waals surface area contributed by atoms with Crippen LogP contribution in [-0.4, -0.2) is 37.5 Å². The maximum absolute atomic E-state index is 13.1. The van der Waals surface area contributed by atoms with E-state index in [0.29, 0.717) is 19.3 Å². The molecule has 2 atom stereocenters. The lowest BCUT2D eigenvalue weighted by Crippen LogP contribution is -2.37. The minimum Gasteiger partial charge on any atom is -0.384 e. The predicted molar refractivity (Wildman–Crippen MR) is 123 cm³/mol. The van der Waals surface area contributed by atoms with Gasteiger partial charge in [0.1, 0.15) is 11.4 Å². The third-order valence-electron chi connectivity index (χ3n) is 6.07. The summed E-state index contributed by atoms with van der Waals surface area (Å²) in [5.41, 5.74) is -1.79. The van der Waals surface area contributed by atoms with Crippen LogP contribution < -0.4 is 0 Å². The van der Waals surface area contributed by atoms with Crippen molar-refractivity contribution in [3.05, 3.63) is 84.7 Å². The number of aliphatic hydroxyl groups is 1. The molecular weight excluding hydrogens is 462 g/mol. The summed E-state index contributed by atoms with van der Waals surface area (Å²) in [6.45, 7) is 0. The summed E-state index contributed by atoms with van der Waals surface area (Å²) in [4.78, 5) is 12.4. The van der Waals surface area contributed by atoms with Crippen molar-refractivity contribution in [1.82, 2.24) is 3.97 Å². The van der Waals surface area contributed by atoms with Crippen LogP contribution in [-0.2, 0) is 30.3 Å². The summed E-state index contributed by atoms with van der Waals surface area (Å²) < 4.78 is 53.2. The van der Waals surface area contributed by atoms with Crippen molar-refractivity contribution in [2.24, 2.45) is 5.92 Å². The van der Waals surface area contributed by atoms with Crippen LogP contribution in [0.3, 0.4) is 0 Å². The average Bonchev–Trinajstić information content (AvgIpc) is 3.45. The molecule has 1 aliphatic rings. The highest BCUT2D eigenvalue weighted by atomic mass is 32.2. The molecule has 9 heteroatoms. The highest BCUT2D eigenvalue weighted by Gasteiger charge is 2.41. The number of carbonyl (C=O) groups is 1. The van der Waals surface area contributed by atoms with Gasteiger partial charge in [0.2, 0.25) is 0 Å². The van der Waals surface area contributed by atoms with Gasteiger partial charge < -0.3 is 5.11 Å². The zero-order chi connectivity index (χ0) is 23.7. The number of sulfone groups is 1. The van der Waals surface area contributed by atoms with E-state index in [4.69, 9.17) is 0 Å². The summed E-state index contributed by atoms with van der Waals surface area (Å²) in [7, 11) is -7.85. The van der Waals surface area contributed by atoms with Crippen LogP contribution in [0.5, 0.6) is 0 Å². The lowest BCUT2D eigenvalue weighted by Gasteiger charge is -2.29. The molecule has 0 saturated heterocycles. The molecule has 1 aliphatic carbocycles. The van der Waals surface area contributed by atoms with Crippen LogP contribution in [0, 0.1) is 5.92 Å². The molecule has 4 rings (SSSR count).